The van der Waals surface area contributed by atoms with E-state index in [0.29, 0.717) is 19.6 Å². The topological polar surface area (TPSA) is 70.7 Å². The Morgan fingerprint density at radius 3 is 1.91 bits per heavy atom. The third kappa shape index (κ3) is 8.21. The maximum atomic E-state index is 12.4. The number of hydrogen-bond acceptors (Lipinski definition) is 4. The molecule has 2 N–H and O–H groups in total. The SMILES string of the molecule is CNC(=O)C(C)(C)CNCCN(C(=O)OC(C)(C)C)C(C)(C)C. The normalized spacial score (nSPS) is 12.7. The van der Waals surface area contributed by atoms with Crippen LogP contribution in [0.1, 0.15) is 55.4 Å². The molecule has 0 heterocycles. The molecule has 0 aliphatic rings. The van der Waals surface area contributed by atoms with Crippen molar-refractivity contribution in [3.05, 3.63) is 0 Å². The zero-order chi connectivity index (χ0) is 18.5. The van der Waals surface area contributed by atoms with E-state index in [1.165, 1.54) is 0 Å². The molecule has 0 atom stereocenters. The molecular weight excluding hydrogens is 294 g/mol. The lowest BCUT2D eigenvalue weighted by Crippen LogP contribution is -2.51. The van der Waals surface area contributed by atoms with Crippen LogP contribution in [0.5, 0.6) is 0 Å². The fourth-order valence-corrected chi connectivity index (χ4v) is 2.03. The molecule has 23 heavy (non-hydrogen) atoms. The summed E-state index contributed by atoms with van der Waals surface area (Å²) in [5, 5.41) is 5.91. The highest BCUT2D eigenvalue weighted by Crippen LogP contribution is 2.18. The number of hydrogen-bond donors (Lipinski definition) is 2. The van der Waals surface area contributed by atoms with Gasteiger partial charge in [0.2, 0.25) is 5.91 Å². The van der Waals surface area contributed by atoms with E-state index >= 15 is 0 Å². The quantitative estimate of drug-likeness (QED) is 0.734. The Bertz CT molecular complexity index is 406. The first-order chi connectivity index (χ1) is 10.2. The molecule has 0 aliphatic carbocycles. The van der Waals surface area contributed by atoms with E-state index in [-0.39, 0.29) is 17.5 Å². The summed E-state index contributed by atoms with van der Waals surface area (Å²) >= 11 is 0. The lowest BCUT2D eigenvalue weighted by Gasteiger charge is -2.37. The van der Waals surface area contributed by atoms with Crippen LogP contribution >= 0.6 is 0 Å². The average Bonchev–Trinajstić information content (AvgIpc) is 2.33. The lowest BCUT2D eigenvalue weighted by atomic mass is 9.92. The van der Waals surface area contributed by atoms with Gasteiger partial charge in [0.1, 0.15) is 5.60 Å². The number of nitrogens with one attached hydrogen (secondary N) is 2. The fourth-order valence-electron chi connectivity index (χ4n) is 2.03. The first kappa shape index (κ1) is 21.7. The summed E-state index contributed by atoms with van der Waals surface area (Å²) in [6, 6.07) is 0. The van der Waals surface area contributed by atoms with Crippen LogP contribution in [-0.2, 0) is 9.53 Å². The number of nitrogens with zero attached hydrogens (tertiary/aromatic N) is 1. The van der Waals surface area contributed by atoms with Crippen molar-refractivity contribution in [2.24, 2.45) is 5.41 Å². The highest BCUT2D eigenvalue weighted by molar-refractivity contribution is 5.81. The predicted octanol–water partition coefficient (Wildman–Crippen LogP) is 2.38. The molecule has 0 saturated heterocycles. The minimum absolute atomic E-state index is 0.00943. The summed E-state index contributed by atoms with van der Waals surface area (Å²) in [5.41, 5.74) is -1.34. The molecule has 0 radical (unpaired) electrons. The van der Waals surface area contributed by atoms with E-state index in [2.05, 4.69) is 10.6 Å². The van der Waals surface area contributed by atoms with Crippen LogP contribution in [0.4, 0.5) is 4.79 Å². The Kier molecular flexibility index (Phi) is 7.54. The molecule has 0 aromatic heterocycles. The first-order valence-corrected chi connectivity index (χ1v) is 8.14. The Balaban J connectivity index is 4.61. The zero-order valence-electron chi connectivity index (χ0n) is 16.3. The van der Waals surface area contributed by atoms with Gasteiger partial charge in [0.15, 0.2) is 0 Å². The third-order valence-electron chi connectivity index (χ3n) is 3.34. The van der Waals surface area contributed by atoms with Crippen LogP contribution in [0.15, 0.2) is 0 Å². The van der Waals surface area contributed by atoms with Gasteiger partial charge in [0.25, 0.3) is 0 Å². The Hall–Kier alpha value is -1.30. The highest BCUT2D eigenvalue weighted by atomic mass is 16.6. The monoisotopic (exact) mass is 329 g/mol. The number of carbonyl (C=O) groups is 2. The van der Waals surface area contributed by atoms with Crippen LogP contribution in [0.3, 0.4) is 0 Å². The molecule has 0 rings (SSSR count). The van der Waals surface area contributed by atoms with Crippen LogP contribution in [0, 0.1) is 5.41 Å². The summed E-state index contributed by atoms with van der Waals surface area (Å²) in [4.78, 5) is 25.8. The van der Waals surface area contributed by atoms with Gasteiger partial charge in [0.05, 0.1) is 5.41 Å². The van der Waals surface area contributed by atoms with Crippen molar-refractivity contribution in [2.45, 2.75) is 66.5 Å². The molecule has 2 amide bonds. The van der Waals surface area contributed by atoms with Crippen LogP contribution < -0.4 is 10.6 Å². The van der Waals surface area contributed by atoms with Crippen molar-refractivity contribution < 1.29 is 14.3 Å². The predicted molar refractivity (Wildman–Crippen MR) is 93.4 cm³/mol. The van der Waals surface area contributed by atoms with Gasteiger partial charge in [-0.1, -0.05) is 0 Å². The highest BCUT2D eigenvalue weighted by Gasteiger charge is 2.31. The molecule has 0 aromatic rings. The molecule has 6 nitrogen and oxygen atoms in total. The molecule has 0 unspecified atom stereocenters. The van der Waals surface area contributed by atoms with Crippen molar-refractivity contribution >= 4 is 12.0 Å². The second-order valence-corrected chi connectivity index (χ2v) is 8.44. The summed E-state index contributed by atoms with van der Waals surface area (Å²) in [7, 11) is 1.63. The van der Waals surface area contributed by atoms with Crippen molar-refractivity contribution in [2.75, 3.05) is 26.7 Å². The molecular formula is C17H35N3O3. The second-order valence-electron chi connectivity index (χ2n) is 8.44. The Labute approximate surface area is 141 Å². The van der Waals surface area contributed by atoms with E-state index in [4.69, 9.17) is 4.74 Å². The van der Waals surface area contributed by atoms with Gasteiger partial charge >= 0.3 is 6.09 Å². The largest absolute Gasteiger partial charge is 0.444 e. The molecule has 0 saturated carbocycles. The van der Waals surface area contributed by atoms with Gasteiger partial charge in [-0.15, -0.1) is 0 Å². The Morgan fingerprint density at radius 1 is 1.00 bits per heavy atom. The first-order valence-electron chi connectivity index (χ1n) is 8.14. The van der Waals surface area contributed by atoms with E-state index in [9.17, 15) is 9.59 Å². The van der Waals surface area contributed by atoms with Gasteiger partial charge in [0, 0.05) is 32.2 Å². The average molecular weight is 329 g/mol. The maximum absolute atomic E-state index is 12.4. The smallest absolute Gasteiger partial charge is 0.410 e. The molecule has 6 heteroatoms. The van der Waals surface area contributed by atoms with Gasteiger partial charge in [-0.3, -0.25) is 4.79 Å². The van der Waals surface area contributed by atoms with E-state index in [1.54, 1.807) is 11.9 Å². The summed E-state index contributed by atoms with van der Waals surface area (Å²) in [5.74, 6) is -0.00943. The standard InChI is InChI=1S/C17H35N3O3/c1-15(2,3)20(14(22)23-16(4,5)6)11-10-19-12-17(7,8)13(21)18-9/h19H,10-12H2,1-9H3,(H,18,21). The molecule has 0 aromatic carbocycles. The van der Waals surface area contributed by atoms with Crippen LogP contribution in [0.25, 0.3) is 0 Å². The zero-order valence-corrected chi connectivity index (χ0v) is 16.3. The summed E-state index contributed by atoms with van der Waals surface area (Å²) in [6.45, 7) is 16.9. The number of carbonyl (C=O) groups excluding carboxylic acids is 2. The van der Waals surface area contributed by atoms with Crippen LogP contribution in [0.2, 0.25) is 0 Å². The van der Waals surface area contributed by atoms with Crippen molar-refractivity contribution in [1.29, 1.82) is 0 Å². The Morgan fingerprint density at radius 2 is 1.52 bits per heavy atom. The lowest BCUT2D eigenvalue weighted by molar-refractivity contribution is -0.128. The molecule has 0 bridgehead atoms. The summed E-state index contributed by atoms with van der Waals surface area (Å²) in [6.07, 6.45) is -0.322. The van der Waals surface area contributed by atoms with Crippen molar-refractivity contribution in [3.63, 3.8) is 0 Å². The van der Waals surface area contributed by atoms with Gasteiger partial charge in [-0.25, -0.2) is 4.79 Å². The number of rotatable bonds is 6. The minimum Gasteiger partial charge on any atom is -0.444 e. The van der Waals surface area contributed by atoms with Crippen molar-refractivity contribution in [1.82, 2.24) is 15.5 Å². The number of amides is 2. The van der Waals surface area contributed by atoms with Gasteiger partial charge in [-0.2, -0.15) is 0 Å². The molecule has 0 fully saturated rings. The van der Waals surface area contributed by atoms with E-state index < -0.39 is 11.0 Å². The van der Waals surface area contributed by atoms with Gasteiger partial charge < -0.3 is 20.3 Å². The van der Waals surface area contributed by atoms with Gasteiger partial charge in [-0.05, 0) is 55.4 Å². The third-order valence-corrected chi connectivity index (χ3v) is 3.34. The maximum Gasteiger partial charge on any atom is 0.410 e. The van der Waals surface area contributed by atoms with E-state index in [0.717, 1.165) is 0 Å². The molecule has 0 aliphatic heterocycles. The van der Waals surface area contributed by atoms with E-state index in [1.807, 2.05) is 55.4 Å². The second kappa shape index (κ2) is 7.99. The molecule has 136 valence electrons. The summed E-state index contributed by atoms with van der Waals surface area (Å²) < 4.78 is 5.48. The number of ether oxygens (including phenoxy) is 1. The molecule has 0 spiro atoms. The minimum atomic E-state index is -0.519. The van der Waals surface area contributed by atoms with Crippen molar-refractivity contribution in [3.8, 4) is 0 Å². The fraction of sp³-hybridized carbons (Fsp3) is 0.882. The van der Waals surface area contributed by atoms with Crippen LogP contribution in [-0.4, -0.2) is 54.7 Å².